The third-order valence-electron chi connectivity index (χ3n) is 6.18. The fourth-order valence-corrected chi connectivity index (χ4v) is 4.32. The number of hydrogen-bond donors (Lipinski definition) is 2. The number of carbonyl (C=O) groups excluding carboxylic acids is 1. The number of fused-ring (bicyclic) bond motifs is 1. The van der Waals surface area contributed by atoms with Crippen LogP contribution >= 0.6 is 0 Å². The summed E-state index contributed by atoms with van der Waals surface area (Å²) in [5, 5.41) is 5.58. The van der Waals surface area contributed by atoms with E-state index in [-0.39, 0.29) is 12.1 Å². The number of urea groups is 1. The van der Waals surface area contributed by atoms with Crippen molar-refractivity contribution in [2.75, 3.05) is 43.1 Å². The Morgan fingerprint density at radius 2 is 2.00 bits per heavy atom. The van der Waals surface area contributed by atoms with Crippen LogP contribution < -0.4 is 15.5 Å². The predicted octanol–water partition coefficient (Wildman–Crippen LogP) is 3.28. The number of hydrogen-bond acceptors (Lipinski definition) is 6. The van der Waals surface area contributed by atoms with E-state index >= 15 is 0 Å². The minimum Gasteiger partial charge on any atom is -0.377 e. The molecule has 0 spiro atoms. The number of morpholine rings is 1. The third kappa shape index (κ3) is 4.86. The highest BCUT2D eigenvalue weighted by molar-refractivity contribution is 5.89. The molecule has 0 bridgehead atoms. The van der Waals surface area contributed by atoms with Crippen LogP contribution in [-0.4, -0.2) is 65.8 Å². The molecule has 32 heavy (non-hydrogen) atoms. The van der Waals surface area contributed by atoms with Gasteiger partial charge in [0.15, 0.2) is 5.82 Å². The molecule has 1 aromatic carbocycles. The van der Waals surface area contributed by atoms with Crippen LogP contribution in [-0.2, 0) is 17.7 Å². The first-order valence-electron chi connectivity index (χ1n) is 11.6. The quantitative estimate of drug-likeness (QED) is 0.746. The molecule has 1 saturated heterocycles. The van der Waals surface area contributed by atoms with Crippen LogP contribution in [0, 0.1) is 0 Å². The maximum Gasteiger partial charge on any atom is 0.319 e. The van der Waals surface area contributed by atoms with Crippen molar-refractivity contribution in [3.63, 3.8) is 0 Å². The zero-order valence-electron chi connectivity index (χ0n) is 19.5. The Balaban J connectivity index is 1.68. The van der Waals surface area contributed by atoms with Crippen LogP contribution in [0.25, 0.3) is 11.4 Å². The molecular formula is C24H34N6O2. The van der Waals surface area contributed by atoms with Crippen molar-refractivity contribution in [3.05, 3.63) is 35.5 Å². The molecule has 2 aromatic rings. The molecule has 1 aromatic heterocycles. The van der Waals surface area contributed by atoms with Gasteiger partial charge in [0.25, 0.3) is 0 Å². The van der Waals surface area contributed by atoms with Gasteiger partial charge >= 0.3 is 6.03 Å². The van der Waals surface area contributed by atoms with E-state index in [0.717, 1.165) is 61.2 Å². The van der Waals surface area contributed by atoms with E-state index in [1.807, 2.05) is 31.2 Å². The summed E-state index contributed by atoms with van der Waals surface area (Å²) < 4.78 is 5.67. The Bertz CT molecular complexity index is 946. The number of nitrogens with one attached hydrogen (secondary N) is 2. The van der Waals surface area contributed by atoms with Gasteiger partial charge in [-0.05, 0) is 58.4 Å². The minimum atomic E-state index is -0.206. The van der Waals surface area contributed by atoms with Crippen molar-refractivity contribution < 1.29 is 9.53 Å². The van der Waals surface area contributed by atoms with Gasteiger partial charge in [0.1, 0.15) is 5.82 Å². The largest absolute Gasteiger partial charge is 0.377 e. The summed E-state index contributed by atoms with van der Waals surface area (Å²) in [6.07, 6.45) is 0.961. The van der Waals surface area contributed by atoms with Gasteiger partial charge < -0.3 is 20.3 Å². The van der Waals surface area contributed by atoms with Crippen LogP contribution in [0.4, 0.5) is 16.3 Å². The number of carbonyl (C=O) groups is 1. The smallest absolute Gasteiger partial charge is 0.319 e. The van der Waals surface area contributed by atoms with Gasteiger partial charge in [-0.25, -0.2) is 14.8 Å². The Morgan fingerprint density at radius 1 is 1.22 bits per heavy atom. The molecule has 0 unspecified atom stereocenters. The maximum absolute atomic E-state index is 11.8. The summed E-state index contributed by atoms with van der Waals surface area (Å²) in [6.45, 7) is 13.3. The number of anilines is 2. The zero-order valence-corrected chi connectivity index (χ0v) is 19.5. The second kappa shape index (κ2) is 9.83. The highest BCUT2D eigenvalue weighted by atomic mass is 16.5. The van der Waals surface area contributed by atoms with Gasteiger partial charge in [-0.3, -0.25) is 4.90 Å². The molecule has 4 rings (SSSR count). The summed E-state index contributed by atoms with van der Waals surface area (Å²) in [6, 6.07) is 8.28. The van der Waals surface area contributed by atoms with Gasteiger partial charge in [-0.15, -0.1) is 0 Å². The number of benzene rings is 1. The van der Waals surface area contributed by atoms with Gasteiger partial charge in [0.2, 0.25) is 0 Å². The lowest BCUT2D eigenvalue weighted by atomic mass is 10.0. The first-order valence-corrected chi connectivity index (χ1v) is 11.6. The Labute approximate surface area is 190 Å². The first kappa shape index (κ1) is 22.5. The molecule has 8 nitrogen and oxygen atoms in total. The van der Waals surface area contributed by atoms with Gasteiger partial charge in [-0.2, -0.15) is 0 Å². The molecular weight excluding hydrogens is 404 g/mol. The van der Waals surface area contributed by atoms with Gasteiger partial charge in [-0.1, -0.05) is 0 Å². The van der Waals surface area contributed by atoms with E-state index in [9.17, 15) is 4.79 Å². The lowest BCUT2D eigenvalue weighted by molar-refractivity contribution is 0.0983. The van der Waals surface area contributed by atoms with Gasteiger partial charge in [0.05, 0.1) is 24.9 Å². The molecule has 2 aliphatic heterocycles. The topological polar surface area (TPSA) is 82.6 Å². The number of aromatic nitrogens is 2. The monoisotopic (exact) mass is 438 g/mol. The van der Waals surface area contributed by atoms with E-state index in [2.05, 4.69) is 41.2 Å². The van der Waals surface area contributed by atoms with E-state index < -0.39 is 0 Å². The molecule has 2 amide bonds. The van der Waals surface area contributed by atoms with Crippen LogP contribution in [0.1, 0.15) is 39.0 Å². The summed E-state index contributed by atoms with van der Waals surface area (Å²) in [4.78, 5) is 26.7. The number of nitrogens with zero attached hydrogens (tertiary/aromatic N) is 4. The second-order valence-electron chi connectivity index (χ2n) is 8.79. The van der Waals surface area contributed by atoms with Gasteiger partial charge in [0, 0.05) is 49.0 Å². The summed E-state index contributed by atoms with van der Waals surface area (Å²) >= 11 is 0. The summed E-state index contributed by atoms with van der Waals surface area (Å²) in [5.41, 5.74) is 4.07. The van der Waals surface area contributed by atoms with Crippen molar-refractivity contribution in [2.45, 2.75) is 52.7 Å². The third-order valence-corrected chi connectivity index (χ3v) is 6.18. The SMILES string of the molecule is CCNC(=O)Nc1ccc(-c2nc3c(c(N4CCOC[C@@H]4C)n2)CCN(C(C)C)C3)cc1. The Hall–Kier alpha value is -2.71. The summed E-state index contributed by atoms with van der Waals surface area (Å²) in [7, 11) is 0. The second-order valence-corrected chi connectivity index (χ2v) is 8.79. The average Bonchev–Trinajstić information content (AvgIpc) is 2.79. The molecule has 1 atom stereocenters. The molecule has 3 heterocycles. The van der Waals surface area contributed by atoms with Crippen molar-refractivity contribution in [3.8, 4) is 11.4 Å². The van der Waals surface area contributed by atoms with Crippen LogP contribution in [0.3, 0.4) is 0 Å². The van der Waals surface area contributed by atoms with E-state index in [1.165, 1.54) is 5.56 Å². The van der Waals surface area contributed by atoms with Crippen molar-refractivity contribution in [2.24, 2.45) is 0 Å². The van der Waals surface area contributed by atoms with E-state index in [0.29, 0.717) is 19.2 Å². The Morgan fingerprint density at radius 3 is 2.69 bits per heavy atom. The van der Waals surface area contributed by atoms with Crippen LogP contribution in [0.5, 0.6) is 0 Å². The number of amides is 2. The standard InChI is InChI=1S/C24H34N6O2/c1-5-25-24(31)26-19-8-6-18(7-9-19)22-27-21-14-29(16(2)3)11-10-20(21)23(28-22)30-12-13-32-15-17(30)4/h6-9,16-17H,5,10-15H2,1-4H3,(H2,25,26,31)/t17-/m0/s1. The molecule has 0 radical (unpaired) electrons. The van der Waals surface area contributed by atoms with Crippen molar-refractivity contribution in [1.82, 2.24) is 20.2 Å². The maximum atomic E-state index is 11.8. The molecule has 0 saturated carbocycles. The molecule has 2 aliphatic rings. The predicted molar refractivity (Wildman–Crippen MR) is 127 cm³/mol. The van der Waals surface area contributed by atoms with Crippen LogP contribution in [0.15, 0.2) is 24.3 Å². The first-order chi connectivity index (χ1) is 15.5. The van der Waals surface area contributed by atoms with E-state index in [1.54, 1.807) is 0 Å². The lowest BCUT2D eigenvalue weighted by Gasteiger charge is -2.38. The number of rotatable bonds is 5. The highest BCUT2D eigenvalue weighted by Gasteiger charge is 2.29. The molecule has 8 heteroatoms. The lowest BCUT2D eigenvalue weighted by Crippen LogP contribution is -2.45. The normalized spacial score (nSPS) is 19.0. The zero-order chi connectivity index (χ0) is 22.7. The average molecular weight is 439 g/mol. The fraction of sp³-hybridized carbons (Fsp3) is 0.542. The van der Waals surface area contributed by atoms with Crippen molar-refractivity contribution in [1.29, 1.82) is 0 Å². The van der Waals surface area contributed by atoms with Crippen LogP contribution in [0.2, 0.25) is 0 Å². The molecule has 172 valence electrons. The fourth-order valence-electron chi connectivity index (χ4n) is 4.32. The summed E-state index contributed by atoms with van der Waals surface area (Å²) in [5.74, 6) is 1.78. The van der Waals surface area contributed by atoms with E-state index in [4.69, 9.17) is 14.7 Å². The molecule has 1 fully saturated rings. The molecule has 2 N–H and O–H groups in total. The van der Waals surface area contributed by atoms with Crippen molar-refractivity contribution >= 4 is 17.5 Å². The highest BCUT2D eigenvalue weighted by Crippen LogP contribution is 2.32. The molecule has 0 aliphatic carbocycles. The minimum absolute atomic E-state index is 0.206. The Kier molecular flexibility index (Phi) is 6.91. The number of ether oxygens (including phenoxy) is 1.